The molecule has 3 atom stereocenters. The van der Waals surface area contributed by atoms with E-state index in [0.29, 0.717) is 0 Å². The normalized spacial score (nSPS) is 26.4. The van der Waals surface area contributed by atoms with Gasteiger partial charge in [-0.25, -0.2) is 4.98 Å². The first-order valence-electron chi connectivity index (χ1n) is 9.17. The Morgan fingerprint density at radius 2 is 2.08 bits per heavy atom. The third-order valence-corrected chi connectivity index (χ3v) is 4.87. The summed E-state index contributed by atoms with van der Waals surface area (Å²) in [5, 5.41) is 0.828. The molecule has 25 heavy (non-hydrogen) atoms. The van der Waals surface area contributed by atoms with Crippen LogP contribution in [0.15, 0.2) is 29.4 Å². The van der Waals surface area contributed by atoms with Gasteiger partial charge in [-0.2, -0.15) is 0 Å². The van der Waals surface area contributed by atoms with Crippen LogP contribution in [0.2, 0.25) is 0 Å². The van der Waals surface area contributed by atoms with E-state index in [-0.39, 0.29) is 23.6 Å². The third-order valence-electron chi connectivity index (χ3n) is 4.13. The van der Waals surface area contributed by atoms with Crippen molar-refractivity contribution in [1.82, 2.24) is 4.98 Å². The minimum Gasteiger partial charge on any atom is -0.376 e. The summed E-state index contributed by atoms with van der Waals surface area (Å²) < 4.78 is 17.3. The fraction of sp³-hybridized carbons (Fsp3) is 0.684. The number of hydrogen-bond donors (Lipinski definition) is 0. The van der Waals surface area contributed by atoms with Crippen molar-refractivity contribution in [1.29, 1.82) is 0 Å². The van der Waals surface area contributed by atoms with E-state index in [1.807, 2.05) is 18.2 Å². The summed E-state index contributed by atoms with van der Waals surface area (Å²) in [5.74, 6) is 0. The Morgan fingerprint density at radius 3 is 2.72 bits per heavy atom. The van der Waals surface area contributed by atoms with Crippen LogP contribution in [0.5, 0.6) is 0 Å². The maximum atomic E-state index is 10.5. The second kappa shape index (κ2) is 11.6. The van der Waals surface area contributed by atoms with Gasteiger partial charge in [-0.1, -0.05) is 13.0 Å². The molecule has 2 fully saturated rings. The Morgan fingerprint density at radius 1 is 1.24 bits per heavy atom. The highest BCUT2D eigenvalue weighted by Gasteiger charge is 2.28. The Hall–Kier alpha value is -0.950. The molecule has 0 radical (unpaired) electrons. The minimum absolute atomic E-state index is 0.0273. The van der Waals surface area contributed by atoms with Crippen molar-refractivity contribution < 1.29 is 19.0 Å². The summed E-state index contributed by atoms with van der Waals surface area (Å²) >= 11 is 1.15. The summed E-state index contributed by atoms with van der Waals surface area (Å²) in [5.41, 5.74) is 0. The lowest BCUT2D eigenvalue weighted by Gasteiger charge is -2.34. The highest BCUT2D eigenvalue weighted by molar-refractivity contribution is 8.13. The quantitative estimate of drug-likeness (QED) is 0.743. The monoisotopic (exact) mass is 367 g/mol. The highest BCUT2D eigenvalue weighted by Crippen LogP contribution is 2.24. The molecule has 0 spiro atoms. The highest BCUT2D eigenvalue weighted by atomic mass is 32.2. The standard InChI is InChI=1S/C12H22O3.C7H7NOS/c1-2-10-11(6-5-9-13-10)15-12-7-3-4-8-14-12;1-6(9)10-7-4-2-3-5-8-7/h10-12H,2-9H2,1H3;2-5H,1H3. The molecule has 2 aliphatic heterocycles. The van der Waals surface area contributed by atoms with Crippen molar-refractivity contribution in [3.8, 4) is 0 Å². The van der Waals surface area contributed by atoms with Crippen LogP contribution in [-0.2, 0) is 19.0 Å². The van der Waals surface area contributed by atoms with Gasteiger partial charge in [0.1, 0.15) is 5.03 Å². The zero-order chi connectivity index (χ0) is 17.9. The SMILES string of the molecule is CC(=O)Sc1ccccn1.CCC1OCCCC1OC1CCCCO1. The molecule has 2 aliphatic rings. The van der Waals surface area contributed by atoms with E-state index < -0.39 is 0 Å². The smallest absolute Gasteiger partial charge is 0.192 e. The minimum atomic E-state index is 0.0273. The predicted molar refractivity (Wildman–Crippen MR) is 98.5 cm³/mol. The van der Waals surface area contributed by atoms with E-state index in [4.69, 9.17) is 14.2 Å². The van der Waals surface area contributed by atoms with Gasteiger partial charge in [-0.3, -0.25) is 4.79 Å². The Balaban J connectivity index is 0.000000196. The molecule has 3 rings (SSSR count). The van der Waals surface area contributed by atoms with Gasteiger partial charge >= 0.3 is 0 Å². The molecular weight excluding hydrogens is 338 g/mol. The number of nitrogens with zero attached hydrogens (tertiary/aromatic N) is 1. The second-order valence-electron chi connectivity index (χ2n) is 6.19. The maximum absolute atomic E-state index is 10.5. The number of hydrogen-bond acceptors (Lipinski definition) is 6. The van der Waals surface area contributed by atoms with Crippen LogP contribution in [0.1, 0.15) is 52.4 Å². The molecule has 0 amide bonds. The number of thioether (sulfide) groups is 1. The van der Waals surface area contributed by atoms with Gasteiger partial charge in [-0.15, -0.1) is 0 Å². The average Bonchev–Trinajstić information content (AvgIpc) is 2.64. The Kier molecular flexibility index (Phi) is 9.47. The molecule has 3 heterocycles. The molecule has 0 aliphatic carbocycles. The van der Waals surface area contributed by atoms with Crippen molar-refractivity contribution in [2.45, 2.75) is 75.9 Å². The van der Waals surface area contributed by atoms with Crippen LogP contribution in [0.25, 0.3) is 0 Å². The molecule has 1 aromatic heterocycles. The van der Waals surface area contributed by atoms with E-state index in [1.165, 1.54) is 19.8 Å². The van der Waals surface area contributed by atoms with Crippen LogP contribution >= 0.6 is 11.8 Å². The van der Waals surface area contributed by atoms with Gasteiger partial charge in [0.2, 0.25) is 0 Å². The van der Waals surface area contributed by atoms with E-state index in [1.54, 1.807) is 6.20 Å². The van der Waals surface area contributed by atoms with Crippen LogP contribution in [-0.4, -0.2) is 41.8 Å². The largest absolute Gasteiger partial charge is 0.376 e. The first-order valence-corrected chi connectivity index (χ1v) is 9.98. The molecule has 6 heteroatoms. The van der Waals surface area contributed by atoms with Crippen LogP contribution in [0, 0.1) is 0 Å². The number of ether oxygens (including phenoxy) is 3. The van der Waals surface area contributed by atoms with Crippen molar-refractivity contribution in [2.24, 2.45) is 0 Å². The van der Waals surface area contributed by atoms with Crippen molar-refractivity contribution >= 4 is 16.9 Å². The van der Waals surface area contributed by atoms with E-state index in [0.717, 1.165) is 55.7 Å². The first-order chi connectivity index (χ1) is 12.2. The molecule has 5 nitrogen and oxygen atoms in total. The second-order valence-corrected chi connectivity index (χ2v) is 7.39. The lowest BCUT2D eigenvalue weighted by atomic mass is 10.0. The summed E-state index contributed by atoms with van der Waals surface area (Å²) in [6.07, 6.45) is 8.98. The molecule has 140 valence electrons. The number of carbonyl (C=O) groups excluding carboxylic acids is 1. The average molecular weight is 368 g/mol. The number of aromatic nitrogens is 1. The van der Waals surface area contributed by atoms with Crippen LogP contribution < -0.4 is 0 Å². The lowest BCUT2D eigenvalue weighted by molar-refractivity contribution is -0.223. The van der Waals surface area contributed by atoms with Gasteiger partial charge in [0, 0.05) is 26.3 Å². The zero-order valence-corrected chi connectivity index (χ0v) is 16.0. The van der Waals surface area contributed by atoms with Gasteiger partial charge in [0.15, 0.2) is 11.4 Å². The van der Waals surface area contributed by atoms with E-state index in [9.17, 15) is 4.79 Å². The van der Waals surface area contributed by atoms with Gasteiger partial charge < -0.3 is 14.2 Å². The molecule has 0 aromatic carbocycles. The lowest BCUT2D eigenvalue weighted by Crippen LogP contribution is -2.39. The number of carbonyl (C=O) groups is 1. The van der Waals surface area contributed by atoms with E-state index >= 15 is 0 Å². The molecule has 1 aromatic rings. The topological polar surface area (TPSA) is 57.7 Å². The molecule has 0 bridgehead atoms. The van der Waals surface area contributed by atoms with Crippen molar-refractivity contribution in [3.05, 3.63) is 24.4 Å². The van der Waals surface area contributed by atoms with Crippen LogP contribution in [0.3, 0.4) is 0 Å². The van der Waals surface area contributed by atoms with Gasteiger partial charge in [0.25, 0.3) is 0 Å². The summed E-state index contributed by atoms with van der Waals surface area (Å²) in [4.78, 5) is 14.5. The summed E-state index contributed by atoms with van der Waals surface area (Å²) in [7, 11) is 0. The maximum Gasteiger partial charge on any atom is 0.192 e. The number of pyridine rings is 1. The Bertz CT molecular complexity index is 493. The molecular formula is C19H29NO4S. The molecule has 2 saturated heterocycles. The van der Waals surface area contributed by atoms with Crippen molar-refractivity contribution in [3.63, 3.8) is 0 Å². The Labute approximate surface area is 154 Å². The summed E-state index contributed by atoms with van der Waals surface area (Å²) in [6, 6.07) is 5.49. The number of rotatable bonds is 4. The van der Waals surface area contributed by atoms with Crippen LogP contribution in [0.4, 0.5) is 0 Å². The van der Waals surface area contributed by atoms with E-state index in [2.05, 4.69) is 11.9 Å². The zero-order valence-electron chi connectivity index (χ0n) is 15.2. The van der Waals surface area contributed by atoms with Crippen molar-refractivity contribution in [2.75, 3.05) is 13.2 Å². The molecule has 0 N–H and O–H groups in total. The fourth-order valence-electron chi connectivity index (χ4n) is 2.92. The third kappa shape index (κ3) is 7.86. The fourth-order valence-corrected chi connectivity index (χ4v) is 3.47. The summed E-state index contributed by atoms with van der Waals surface area (Å²) in [6.45, 7) is 5.44. The molecule has 3 unspecified atom stereocenters. The molecule has 0 saturated carbocycles. The predicted octanol–water partition coefficient (Wildman–Crippen LogP) is 4.21. The van der Waals surface area contributed by atoms with Gasteiger partial charge in [-0.05, 0) is 62.4 Å². The first kappa shape index (κ1) is 20.4. The van der Waals surface area contributed by atoms with Gasteiger partial charge in [0.05, 0.1) is 12.2 Å².